The van der Waals surface area contributed by atoms with E-state index in [2.05, 4.69) is 0 Å². The second-order valence-corrected chi connectivity index (χ2v) is 9.86. The van der Waals surface area contributed by atoms with E-state index in [-0.39, 0.29) is 47.8 Å². The van der Waals surface area contributed by atoms with Crippen molar-refractivity contribution in [2.45, 2.75) is 77.7 Å². The summed E-state index contributed by atoms with van der Waals surface area (Å²) in [6, 6.07) is 5.69. The molecule has 0 N–H and O–H groups in total. The van der Waals surface area contributed by atoms with Gasteiger partial charge in [-0.25, -0.2) is 0 Å². The fraction of sp³-hybridized carbons (Fsp3) is 0.615. The molecule has 0 unspecified atom stereocenters. The van der Waals surface area contributed by atoms with Crippen LogP contribution in [0.15, 0.2) is 18.2 Å². The van der Waals surface area contributed by atoms with Crippen molar-refractivity contribution in [2.75, 3.05) is 6.61 Å². The minimum Gasteiger partial charge on any atom is -0.466 e. The molecule has 1 aromatic rings. The van der Waals surface area contributed by atoms with Crippen LogP contribution in [-0.2, 0) is 28.7 Å². The van der Waals surface area contributed by atoms with Gasteiger partial charge < -0.3 is 14.2 Å². The van der Waals surface area contributed by atoms with Crippen LogP contribution in [0.3, 0.4) is 0 Å². The molecule has 4 rings (SSSR count). The highest BCUT2D eigenvalue weighted by atomic mass is 16.5. The van der Waals surface area contributed by atoms with Gasteiger partial charge in [0.15, 0.2) is 11.9 Å². The highest BCUT2D eigenvalue weighted by Crippen LogP contribution is 2.62. The monoisotopic (exact) mass is 456 g/mol. The fourth-order valence-corrected chi connectivity index (χ4v) is 6.61. The molecule has 0 heterocycles. The number of Topliss-reactive ketones (excluding diaryl/α,β-unsaturated/α-hetero) is 1. The van der Waals surface area contributed by atoms with Crippen LogP contribution in [0, 0.1) is 17.3 Å². The average Bonchev–Trinajstić information content (AvgIpc) is 2.98. The Morgan fingerprint density at radius 1 is 1.09 bits per heavy atom. The standard InChI is InChI=1S/C26H32O7/c1-5-31-24(29)11-16-10-21-19(18-7-6-17(12-20(16)18)32-14(2)27)8-9-26(4)22(21)13-23(25(26)30)33-15(3)28/h6-7,12,16,19,21-23H,5,8-11,13H2,1-4H3/t16-,19+,21+,22-,23+,26-/m0/s1. The number of hydrogen-bond acceptors (Lipinski definition) is 7. The average molecular weight is 457 g/mol. The zero-order chi connectivity index (χ0) is 23.9. The molecular weight excluding hydrogens is 424 g/mol. The maximum atomic E-state index is 13.2. The second kappa shape index (κ2) is 8.92. The summed E-state index contributed by atoms with van der Waals surface area (Å²) in [6.45, 7) is 6.82. The molecule has 33 heavy (non-hydrogen) atoms. The molecule has 0 aromatic heterocycles. The van der Waals surface area contributed by atoms with Crippen LogP contribution >= 0.6 is 0 Å². The lowest BCUT2D eigenvalue weighted by Crippen LogP contribution is -2.43. The molecule has 6 atom stereocenters. The number of benzene rings is 1. The maximum absolute atomic E-state index is 13.2. The molecule has 0 spiro atoms. The first-order valence-corrected chi connectivity index (χ1v) is 11.8. The molecule has 2 saturated carbocycles. The predicted octanol–water partition coefficient (Wildman–Crippen LogP) is 4.07. The molecule has 7 heteroatoms. The molecule has 1 aromatic carbocycles. The van der Waals surface area contributed by atoms with Crippen molar-refractivity contribution in [1.29, 1.82) is 0 Å². The number of esters is 3. The fourth-order valence-electron chi connectivity index (χ4n) is 6.61. The third-order valence-corrected chi connectivity index (χ3v) is 7.89. The van der Waals surface area contributed by atoms with E-state index in [4.69, 9.17) is 14.2 Å². The van der Waals surface area contributed by atoms with Crippen molar-refractivity contribution in [3.05, 3.63) is 29.3 Å². The Morgan fingerprint density at radius 3 is 2.52 bits per heavy atom. The van der Waals surface area contributed by atoms with Crippen LogP contribution in [0.4, 0.5) is 0 Å². The maximum Gasteiger partial charge on any atom is 0.308 e. The third-order valence-electron chi connectivity index (χ3n) is 7.89. The van der Waals surface area contributed by atoms with E-state index in [0.29, 0.717) is 18.8 Å². The first kappa shape index (κ1) is 23.5. The molecule has 2 fully saturated rings. The van der Waals surface area contributed by atoms with Crippen LogP contribution in [0.25, 0.3) is 0 Å². The van der Waals surface area contributed by atoms with Crippen LogP contribution in [0.2, 0.25) is 0 Å². The summed E-state index contributed by atoms with van der Waals surface area (Å²) in [5, 5.41) is 0. The zero-order valence-electron chi connectivity index (χ0n) is 19.7. The Bertz CT molecular complexity index is 983. The Kier molecular flexibility index (Phi) is 6.34. The quantitative estimate of drug-likeness (QED) is 0.487. The van der Waals surface area contributed by atoms with Crippen LogP contribution in [0.5, 0.6) is 5.75 Å². The summed E-state index contributed by atoms with van der Waals surface area (Å²) >= 11 is 0. The Hall–Kier alpha value is -2.70. The van der Waals surface area contributed by atoms with Crippen LogP contribution in [0.1, 0.15) is 82.8 Å². The number of ether oxygens (including phenoxy) is 3. The Morgan fingerprint density at radius 2 is 1.85 bits per heavy atom. The number of ketones is 1. The lowest BCUT2D eigenvalue weighted by Gasteiger charge is -2.49. The first-order valence-electron chi connectivity index (χ1n) is 11.8. The van der Waals surface area contributed by atoms with Crippen molar-refractivity contribution in [3.63, 3.8) is 0 Å². The predicted molar refractivity (Wildman–Crippen MR) is 119 cm³/mol. The molecule has 0 bridgehead atoms. The molecule has 3 aliphatic carbocycles. The largest absolute Gasteiger partial charge is 0.466 e. The molecule has 0 aliphatic heterocycles. The summed E-state index contributed by atoms with van der Waals surface area (Å²) < 4.78 is 16.0. The summed E-state index contributed by atoms with van der Waals surface area (Å²) in [4.78, 5) is 48.7. The van der Waals surface area contributed by atoms with Gasteiger partial charge in [0.1, 0.15) is 5.75 Å². The van der Waals surface area contributed by atoms with E-state index >= 15 is 0 Å². The SMILES string of the molecule is CCOC(=O)C[C@@H]1C[C@@H]2[C@H](CC[C@]3(C)C(=O)[C@H](OC(C)=O)C[C@@H]23)c2ccc(OC(C)=O)cc21. The van der Waals surface area contributed by atoms with E-state index in [1.165, 1.54) is 13.8 Å². The van der Waals surface area contributed by atoms with Gasteiger partial charge in [0.25, 0.3) is 0 Å². The van der Waals surface area contributed by atoms with Crippen molar-refractivity contribution < 1.29 is 33.4 Å². The lowest BCUT2D eigenvalue weighted by atomic mass is 9.54. The zero-order valence-corrected chi connectivity index (χ0v) is 19.7. The topological polar surface area (TPSA) is 96.0 Å². The van der Waals surface area contributed by atoms with Gasteiger partial charge in [0, 0.05) is 19.3 Å². The molecule has 178 valence electrons. The summed E-state index contributed by atoms with van der Waals surface area (Å²) in [5.74, 6) is -0.158. The third kappa shape index (κ3) is 4.30. The van der Waals surface area contributed by atoms with Crippen LogP contribution in [-0.4, -0.2) is 36.4 Å². The van der Waals surface area contributed by atoms with E-state index in [1.54, 1.807) is 13.0 Å². The highest BCUT2D eigenvalue weighted by Gasteiger charge is 2.60. The van der Waals surface area contributed by atoms with Gasteiger partial charge >= 0.3 is 17.9 Å². The van der Waals surface area contributed by atoms with Crippen LogP contribution < -0.4 is 4.74 Å². The number of hydrogen-bond donors (Lipinski definition) is 0. The molecule has 7 nitrogen and oxygen atoms in total. The first-order chi connectivity index (χ1) is 15.6. The summed E-state index contributed by atoms with van der Waals surface area (Å²) in [5.41, 5.74) is 1.65. The van der Waals surface area contributed by atoms with Gasteiger partial charge in [0.05, 0.1) is 13.0 Å². The van der Waals surface area contributed by atoms with E-state index in [9.17, 15) is 19.2 Å². The summed E-state index contributed by atoms with van der Waals surface area (Å²) in [7, 11) is 0. The number of carbonyl (C=O) groups excluding carboxylic acids is 4. The Labute approximate surface area is 194 Å². The smallest absolute Gasteiger partial charge is 0.308 e. The van der Waals surface area contributed by atoms with Gasteiger partial charge in [-0.15, -0.1) is 0 Å². The Balaban J connectivity index is 1.70. The van der Waals surface area contributed by atoms with Gasteiger partial charge in [-0.1, -0.05) is 13.0 Å². The number of fused-ring (bicyclic) bond motifs is 5. The molecular formula is C26H32O7. The molecule has 3 aliphatic rings. The lowest BCUT2D eigenvalue weighted by molar-refractivity contribution is -0.153. The van der Waals surface area contributed by atoms with E-state index < -0.39 is 17.5 Å². The van der Waals surface area contributed by atoms with E-state index in [1.807, 2.05) is 19.1 Å². The molecule has 0 amide bonds. The van der Waals surface area contributed by atoms with Gasteiger partial charge in [-0.05, 0) is 79.5 Å². The van der Waals surface area contributed by atoms with Crippen molar-refractivity contribution in [2.24, 2.45) is 17.3 Å². The van der Waals surface area contributed by atoms with Gasteiger partial charge in [0.2, 0.25) is 0 Å². The minimum atomic E-state index is -0.688. The van der Waals surface area contributed by atoms with Gasteiger partial charge in [-0.3, -0.25) is 19.2 Å². The summed E-state index contributed by atoms with van der Waals surface area (Å²) in [6.07, 6.45) is 2.40. The number of rotatable bonds is 5. The minimum absolute atomic E-state index is 0.0269. The van der Waals surface area contributed by atoms with Crippen molar-refractivity contribution in [1.82, 2.24) is 0 Å². The second-order valence-electron chi connectivity index (χ2n) is 9.86. The van der Waals surface area contributed by atoms with Gasteiger partial charge in [-0.2, -0.15) is 0 Å². The number of carbonyl (C=O) groups is 4. The molecule has 0 radical (unpaired) electrons. The van der Waals surface area contributed by atoms with E-state index in [0.717, 1.165) is 30.4 Å². The highest BCUT2D eigenvalue weighted by molar-refractivity contribution is 5.93. The normalized spacial score (nSPS) is 32.2. The van der Waals surface area contributed by atoms with Crippen molar-refractivity contribution >= 4 is 23.7 Å². The van der Waals surface area contributed by atoms with Crippen molar-refractivity contribution in [3.8, 4) is 5.75 Å². The molecule has 0 saturated heterocycles.